The second-order valence-electron chi connectivity index (χ2n) is 6.04. The molecule has 0 radical (unpaired) electrons. The van der Waals surface area contributed by atoms with Gasteiger partial charge in [0.25, 0.3) is 6.47 Å². The Morgan fingerprint density at radius 1 is 1.43 bits per heavy atom. The van der Waals surface area contributed by atoms with Crippen LogP contribution >= 0.6 is 11.3 Å². The summed E-state index contributed by atoms with van der Waals surface area (Å²) in [6.45, 7) is 5.03. The van der Waals surface area contributed by atoms with E-state index in [-0.39, 0.29) is 36.1 Å². The molecule has 0 aliphatic carbocycles. The molecule has 152 valence electrons. The lowest BCUT2D eigenvalue weighted by Crippen LogP contribution is -2.45. The standard InChI is InChI=1S/C16H20FN5O2S.CH2O2/c1-9-7-22(8-10(2)24-9)12-5-3-4-11(19-12)14-15(17)25-16(21-14)20-13(23)6-18;2-1-3/h3-5,9-10H,6-8,18H2,1-2H3,(H,20,21,23);1H,(H,2,3)/t9-,10+;. The number of morpholine rings is 1. The van der Waals surface area contributed by atoms with E-state index in [1.54, 1.807) is 6.07 Å². The summed E-state index contributed by atoms with van der Waals surface area (Å²) in [5.74, 6) is 0.331. The number of hydrogen-bond acceptors (Lipinski definition) is 8. The number of carbonyl (C=O) groups is 2. The second kappa shape index (κ2) is 10.1. The molecule has 1 aliphatic heterocycles. The third-order valence-corrected chi connectivity index (χ3v) is 4.50. The maximum absolute atomic E-state index is 14.2. The second-order valence-corrected chi connectivity index (χ2v) is 6.99. The van der Waals surface area contributed by atoms with Gasteiger partial charge in [-0.2, -0.15) is 4.39 Å². The number of anilines is 2. The van der Waals surface area contributed by atoms with Crippen molar-refractivity contribution in [3.8, 4) is 11.4 Å². The van der Waals surface area contributed by atoms with Crippen molar-refractivity contribution in [2.45, 2.75) is 26.1 Å². The van der Waals surface area contributed by atoms with Gasteiger partial charge in [-0.3, -0.25) is 9.59 Å². The first-order valence-corrected chi connectivity index (χ1v) is 9.31. The fraction of sp³-hybridized carbons (Fsp3) is 0.412. The molecule has 1 fully saturated rings. The van der Waals surface area contributed by atoms with Gasteiger partial charge in [-0.15, -0.1) is 0 Å². The van der Waals surface area contributed by atoms with Gasteiger partial charge in [0.15, 0.2) is 5.13 Å². The summed E-state index contributed by atoms with van der Waals surface area (Å²) in [4.78, 5) is 30.5. The Morgan fingerprint density at radius 2 is 2.07 bits per heavy atom. The van der Waals surface area contributed by atoms with Crippen LogP contribution in [-0.2, 0) is 14.3 Å². The number of ether oxygens (including phenoxy) is 1. The highest BCUT2D eigenvalue weighted by atomic mass is 32.1. The zero-order valence-corrected chi connectivity index (χ0v) is 16.3. The lowest BCUT2D eigenvalue weighted by molar-refractivity contribution is -0.123. The average molecular weight is 411 g/mol. The van der Waals surface area contributed by atoms with Crippen LogP contribution in [0.3, 0.4) is 0 Å². The molecule has 0 saturated carbocycles. The van der Waals surface area contributed by atoms with Gasteiger partial charge in [0.05, 0.1) is 24.4 Å². The van der Waals surface area contributed by atoms with Crippen molar-refractivity contribution in [2.75, 3.05) is 29.9 Å². The van der Waals surface area contributed by atoms with E-state index in [9.17, 15) is 9.18 Å². The Labute approximate surface area is 165 Å². The highest BCUT2D eigenvalue weighted by Gasteiger charge is 2.24. The first-order valence-electron chi connectivity index (χ1n) is 8.49. The van der Waals surface area contributed by atoms with Crippen LogP contribution in [0.1, 0.15) is 13.8 Å². The molecule has 1 saturated heterocycles. The topological polar surface area (TPSA) is 131 Å². The van der Waals surface area contributed by atoms with Gasteiger partial charge in [0, 0.05) is 13.1 Å². The number of pyridine rings is 1. The van der Waals surface area contributed by atoms with E-state index in [2.05, 4.69) is 20.2 Å². The van der Waals surface area contributed by atoms with Crippen molar-refractivity contribution >= 4 is 34.7 Å². The summed E-state index contributed by atoms with van der Waals surface area (Å²) in [5.41, 5.74) is 5.79. The average Bonchev–Trinajstić information content (AvgIpc) is 3.01. The van der Waals surface area contributed by atoms with E-state index in [0.717, 1.165) is 30.2 Å². The van der Waals surface area contributed by atoms with Gasteiger partial charge < -0.3 is 25.8 Å². The zero-order chi connectivity index (χ0) is 20.7. The number of nitrogens with two attached hydrogens (primary N) is 1. The Kier molecular flexibility index (Phi) is 7.79. The van der Waals surface area contributed by atoms with Crippen LogP contribution in [-0.4, -0.2) is 59.3 Å². The summed E-state index contributed by atoms with van der Waals surface area (Å²) in [5, 5.41) is 9.02. The molecule has 2 atom stereocenters. The Morgan fingerprint density at radius 3 is 2.68 bits per heavy atom. The maximum Gasteiger partial charge on any atom is 0.290 e. The number of carboxylic acid groups (broad SMARTS) is 1. The number of nitrogens with zero attached hydrogens (tertiary/aromatic N) is 3. The van der Waals surface area contributed by atoms with Crippen LogP contribution in [0, 0.1) is 5.13 Å². The molecule has 0 unspecified atom stereocenters. The molecule has 1 amide bonds. The van der Waals surface area contributed by atoms with Crippen LogP contribution < -0.4 is 16.0 Å². The molecule has 3 rings (SSSR count). The Bertz CT molecular complexity index is 809. The molecule has 0 aromatic carbocycles. The van der Waals surface area contributed by atoms with Gasteiger partial charge in [-0.05, 0) is 26.0 Å². The molecule has 4 N–H and O–H groups in total. The molecule has 2 aromatic rings. The predicted molar refractivity (Wildman–Crippen MR) is 104 cm³/mol. The van der Waals surface area contributed by atoms with E-state index < -0.39 is 11.0 Å². The zero-order valence-electron chi connectivity index (χ0n) is 15.5. The van der Waals surface area contributed by atoms with Crippen molar-refractivity contribution < 1.29 is 23.8 Å². The normalized spacial score (nSPS) is 18.8. The number of aromatic nitrogens is 2. The molecule has 11 heteroatoms. The lowest BCUT2D eigenvalue weighted by atomic mass is 10.2. The van der Waals surface area contributed by atoms with Gasteiger partial charge in [0.2, 0.25) is 11.0 Å². The summed E-state index contributed by atoms with van der Waals surface area (Å²) in [6.07, 6.45) is 0.201. The number of carbonyl (C=O) groups excluding carboxylic acids is 1. The summed E-state index contributed by atoms with van der Waals surface area (Å²) in [7, 11) is 0. The molecular formula is C17H22FN5O4S. The molecule has 2 aromatic heterocycles. The largest absolute Gasteiger partial charge is 0.483 e. The fourth-order valence-corrected chi connectivity index (χ4v) is 3.50. The Hall–Kier alpha value is -2.63. The molecule has 9 nitrogen and oxygen atoms in total. The van der Waals surface area contributed by atoms with Crippen molar-refractivity contribution in [3.05, 3.63) is 23.3 Å². The number of nitrogens with one attached hydrogen (secondary N) is 1. The summed E-state index contributed by atoms with van der Waals surface area (Å²) < 4.78 is 20.0. The van der Waals surface area contributed by atoms with Crippen LogP contribution in [0.5, 0.6) is 0 Å². The van der Waals surface area contributed by atoms with Crippen molar-refractivity contribution in [3.63, 3.8) is 0 Å². The SMILES string of the molecule is C[C@@H]1CN(c2cccc(-c3nc(NC(=O)CN)sc3F)n2)C[C@H](C)O1.O=CO. The Balaban J connectivity index is 0.000000878. The van der Waals surface area contributed by atoms with E-state index in [1.165, 1.54) is 0 Å². The highest BCUT2D eigenvalue weighted by Crippen LogP contribution is 2.30. The molecule has 28 heavy (non-hydrogen) atoms. The quantitative estimate of drug-likeness (QED) is 0.646. The highest BCUT2D eigenvalue weighted by molar-refractivity contribution is 7.14. The lowest BCUT2D eigenvalue weighted by Gasteiger charge is -2.36. The minimum atomic E-state index is -0.499. The fourth-order valence-electron chi connectivity index (χ4n) is 2.78. The molecule has 0 spiro atoms. The van der Waals surface area contributed by atoms with Gasteiger partial charge in [0.1, 0.15) is 11.5 Å². The van der Waals surface area contributed by atoms with Crippen LogP contribution in [0.4, 0.5) is 15.3 Å². The first-order chi connectivity index (χ1) is 13.4. The van der Waals surface area contributed by atoms with Crippen molar-refractivity contribution in [1.29, 1.82) is 0 Å². The van der Waals surface area contributed by atoms with Gasteiger partial charge in [-0.1, -0.05) is 17.4 Å². The van der Waals surface area contributed by atoms with E-state index in [1.807, 2.05) is 26.0 Å². The first kappa shape index (κ1) is 21.7. The minimum absolute atomic E-state index is 0.100. The van der Waals surface area contributed by atoms with Crippen LogP contribution in [0.2, 0.25) is 0 Å². The summed E-state index contributed by atoms with van der Waals surface area (Å²) in [6, 6.07) is 5.40. The molecule has 1 aliphatic rings. The molecular weight excluding hydrogens is 389 g/mol. The maximum atomic E-state index is 14.2. The van der Waals surface area contributed by atoms with Crippen LogP contribution in [0.25, 0.3) is 11.4 Å². The number of hydrogen-bond donors (Lipinski definition) is 3. The third kappa shape index (κ3) is 5.68. The predicted octanol–water partition coefficient (Wildman–Crippen LogP) is 1.56. The van der Waals surface area contributed by atoms with E-state index in [4.69, 9.17) is 20.4 Å². The summed E-state index contributed by atoms with van der Waals surface area (Å²) >= 11 is 0.756. The van der Waals surface area contributed by atoms with Gasteiger partial charge in [-0.25, -0.2) is 9.97 Å². The minimum Gasteiger partial charge on any atom is -0.483 e. The number of thiazole rings is 1. The number of halogens is 1. The molecule has 3 heterocycles. The van der Waals surface area contributed by atoms with E-state index in [0.29, 0.717) is 5.69 Å². The monoisotopic (exact) mass is 411 g/mol. The van der Waals surface area contributed by atoms with Crippen LogP contribution in [0.15, 0.2) is 18.2 Å². The number of rotatable bonds is 4. The van der Waals surface area contributed by atoms with Gasteiger partial charge >= 0.3 is 0 Å². The van der Waals surface area contributed by atoms with Crippen molar-refractivity contribution in [1.82, 2.24) is 9.97 Å². The third-order valence-electron chi connectivity index (χ3n) is 3.74. The van der Waals surface area contributed by atoms with Crippen molar-refractivity contribution in [2.24, 2.45) is 5.73 Å². The smallest absolute Gasteiger partial charge is 0.290 e. The molecule has 0 bridgehead atoms. The van der Waals surface area contributed by atoms with E-state index >= 15 is 0 Å². The number of amides is 1.